The number of fused-ring (bicyclic) bond motifs is 1. The molecule has 0 saturated heterocycles. The van der Waals surface area contributed by atoms with Gasteiger partial charge in [0.2, 0.25) is 0 Å². The first kappa shape index (κ1) is 19.6. The summed E-state index contributed by atoms with van der Waals surface area (Å²) >= 11 is 9.29. The molecule has 0 saturated carbocycles. The van der Waals surface area contributed by atoms with Crippen molar-refractivity contribution >= 4 is 54.3 Å². The Bertz CT molecular complexity index is 1220. The van der Waals surface area contributed by atoms with E-state index in [0.717, 1.165) is 16.8 Å². The van der Waals surface area contributed by atoms with Gasteiger partial charge in [-0.1, -0.05) is 27.5 Å². The Morgan fingerprint density at radius 1 is 1.19 bits per heavy atom. The van der Waals surface area contributed by atoms with Crippen molar-refractivity contribution in [2.75, 3.05) is 6.26 Å². The molecule has 0 amide bonds. The van der Waals surface area contributed by atoms with E-state index in [1.165, 1.54) is 18.2 Å². The number of sulfone groups is 1. The molecule has 6 nitrogen and oxygen atoms in total. The number of ether oxygens (including phenoxy) is 1. The molecule has 0 spiro atoms. The zero-order valence-corrected chi connectivity index (χ0v) is 17.0. The molecule has 1 heterocycles. The zero-order valence-electron chi connectivity index (χ0n) is 13.9. The van der Waals surface area contributed by atoms with Crippen LogP contribution in [0, 0.1) is 0 Å². The van der Waals surface area contributed by atoms with E-state index in [2.05, 4.69) is 15.9 Å². The van der Waals surface area contributed by atoms with E-state index >= 15 is 0 Å². The van der Waals surface area contributed by atoms with Gasteiger partial charge in [0.1, 0.15) is 12.2 Å². The number of hydrogen-bond acceptors (Lipinski definition) is 6. The Labute approximate surface area is 167 Å². The van der Waals surface area contributed by atoms with Crippen molar-refractivity contribution in [2.24, 2.45) is 0 Å². The summed E-state index contributed by atoms with van der Waals surface area (Å²) in [7, 11) is -3.51. The van der Waals surface area contributed by atoms with Gasteiger partial charge in [0.25, 0.3) is 0 Å². The second-order valence-corrected chi connectivity index (χ2v) is 9.06. The van der Waals surface area contributed by atoms with E-state index in [1.807, 2.05) is 0 Å². The number of carbonyl (C=O) groups is 1. The number of carbonyl (C=O) groups excluding carboxylic acids is 1. The van der Waals surface area contributed by atoms with Crippen LogP contribution < -0.4 is 5.63 Å². The van der Waals surface area contributed by atoms with Gasteiger partial charge in [0, 0.05) is 27.7 Å². The van der Waals surface area contributed by atoms with Crippen LogP contribution >= 0.6 is 27.5 Å². The minimum atomic E-state index is -3.51. The average molecular weight is 472 g/mol. The SMILES string of the molecule is CS(=O)(=O)c1ccc(Cl)c(C(=O)OCc2cc(=O)oc3cc(Br)ccc23)c1. The molecule has 0 aliphatic heterocycles. The third kappa shape index (κ3) is 4.40. The second-order valence-electron chi connectivity index (χ2n) is 5.72. The minimum Gasteiger partial charge on any atom is -0.457 e. The summed E-state index contributed by atoms with van der Waals surface area (Å²) in [6.07, 6.45) is 1.03. The van der Waals surface area contributed by atoms with Crippen LogP contribution in [0.2, 0.25) is 5.02 Å². The van der Waals surface area contributed by atoms with Gasteiger partial charge in [0.05, 0.1) is 15.5 Å². The molecular formula is C18H12BrClO6S. The van der Waals surface area contributed by atoms with Crippen molar-refractivity contribution in [1.82, 2.24) is 0 Å². The second kappa shape index (κ2) is 7.46. The van der Waals surface area contributed by atoms with Gasteiger partial charge < -0.3 is 9.15 Å². The van der Waals surface area contributed by atoms with Crippen LogP contribution in [0.4, 0.5) is 0 Å². The largest absolute Gasteiger partial charge is 0.457 e. The lowest BCUT2D eigenvalue weighted by atomic mass is 10.1. The number of benzene rings is 2. The highest BCUT2D eigenvalue weighted by Gasteiger charge is 2.17. The smallest absolute Gasteiger partial charge is 0.340 e. The summed E-state index contributed by atoms with van der Waals surface area (Å²) in [5, 5.41) is 0.676. The topological polar surface area (TPSA) is 90.6 Å². The summed E-state index contributed by atoms with van der Waals surface area (Å²) < 4.78 is 34.4. The molecule has 3 rings (SSSR count). The first-order chi connectivity index (χ1) is 12.6. The van der Waals surface area contributed by atoms with Crippen molar-refractivity contribution in [3.8, 4) is 0 Å². The van der Waals surface area contributed by atoms with Crippen LogP contribution in [0.25, 0.3) is 11.0 Å². The molecule has 140 valence electrons. The summed E-state index contributed by atoms with van der Waals surface area (Å²) in [6.45, 7) is -0.206. The molecule has 0 fully saturated rings. The Hall–Kier alpha value is -2.16. The highest BCUT2D eigenvalue weighted by Crippen LogP contribution is 2.24. The van der Waals surface area contributed by atoms with Gasteiger partial charge in [0.15, 0.2) is 9.84 Å². The maximum absolute atomic E-state index is 12.4. The van der Waals surface area contributed by atoms with Crippen LogP contribution in [-0.4, -0.2) is 20.6 Å². The van der Waals surface area contributed by atoms with Gasteiger partial charge in [-0.2, -0.15) is 0 Å². The minimum absolute atomic E-state index is 0.0468. The standard InChI is InChI=1S/C18H12BrClO6S/c1-27(23,24)12-3-5-15(20)14(8-12)18(22)25-9-10-6-17(21)26-16-7-11(19)2-4-13(10)16/h2-8H,9H2,1H3. The van der Waals surface area contributed by atoms with Gasteiger partial charge in [-0.15, -0.1) is 0 Å². The molecule has 2 aromatic carbocycles. The molecule has 0 N–H and O–H groups in total. The number of halogens is 2. The van der Waals surface area contributed by atoms with Crippen LogP contribution in [0.3, 0.4) is 0 Å². The molecule has 0 atom stereocenters. The highest BCUT2D eigenvalue weighted by atomic mass is 79.9. The van der Waals surface area contributed by atoms with Crippen LogP contribution in [0.5, 0.6) is 0 Å². The van der Waals surface area contributed by atoms with Gasteiger partial charge >= 0.3 is 11.6 Å². The molecule has 1 aromatic heterocycles. The van der Waals surface area contributed by atoms with Crippen molar-refractivity contribution in [2.45, 2.75) is 11.5 Å². The predicted octanol–water partition coefficient (Wildman–Crippen LogP) is 3.97. The fourth-order valence-electron chi connectivity index (χ4n) is 2.44. The van der Waals surface area contributed by atoms with E-state index < -0.39 is 21.4 Å². The van der Waals surface area contributed by atoms with Gasteiger partial charge in [-0.3, -0.25) is 0 Å². The van der Waals surface area contributed by atoms with Crippen LogP contribution in [0.15, 0.2) is 61.0 Å². The average Bonchev–Trinajstić information content (AvgIpc) is 2.58. The molecule has 27 heavy (non-hydrogen) atoms. The van der Waals surface area contributed by atoms with Gasteiger partial charge in [-0.05, 0) is 36.4 Å². The first-order valence-electron chi connectivity index (χ1n) is 7.54. The first-order valence-corrected chi connectivity index (χ1v) is 10.6. The lowest BCUT2D eigenvalue weighted by Crippen LogP contribution is -2.09. The molecule has 0 aliphatic rings. The zero-order chi connectivity index (χ0) is 19.8. The quantitative estimate of drug-likeness (QED) is 0.422. The highest BCUT2D eigenvalue weighted by molar-refractivity contribution is 9.10. The Morgan fingerprint density at radius 3 is 2.63 bits per heavy atom. The van der Waals surface area contributed by atoms with Crippen LogP contribution in [0.1, 0.15) is 15.9 Å². The van der Waals surface area contributed by atoms with E-state index in [4.69, 9.17) is 20.8 Å². The van der Waals surface area contributed by atoms with Crippen LogP contribution in [-0.2, 0) is 21.2 Å². The summed E-state index contributed by atoms with van der Waals surface area (Å²) in [6, 6.07) is 10.1. The molecular weight excluding hydrogens is 460 g/mol. The Morgan fingerprint density at radius 2 is 1.93 bits per heavy atom. The van der Waals surface area contributed by atoms with E-state index in [9.17, 15) is 18.0 Å². The van der Waals surface area contributed by atoms with E-state index in [0.29, 0.717) is 16.5 Å². The maximum atomic E-state index is 12.4. The lowest BCUT2D eigenvalue weighted by Gasteiger charge is -2.09. The fourth-order valence-corrected chi connectivity index (χ4v) is 3.62. The van der Waals surface area contributed by atoms with E-state index in [1.54, 1.807) is 18.2 Å². The number of esters is 1. The number of hydrogen-bond donors (Lipinski definition) is 0. The van der Waals surface area contributed by atoms with Crippen molar-refractivity contribution < 1.29 is 22.4 Å². The molecule has 0 aliphatic carbocycles. The molecule has 0 radical (unpaired) electrons. The third-order valence-electron chi connectivity index (χ3n) is 3.74. The van der Waals surface area contributed by atoms with Crippen molar-refractivity contribution in [3.05, 3.63) is 73.5 Å². The van der Waals surface area contributed by atoms with Crippen molar-refractivity contribution in [1.29, 1.82) is 0 Å². The molecule has 3 aromatic rings. The summed E-state index contributed by atoms with van der Waals surface area (Å²) in [5.74, 6) is -0.802. The summed E-state index contributed by atoms with van der Waals surface area (Å²) in [5.41, 5.74) is 0.149. The summed E-state index contributed by atoms with van der Waals surface area (Å²) in [4.78, 5) is 24.1. The lowest BCUT2D eigenvalue weighted by molar-refractivity contribution is 0.0473. The Balaban J connectivity index is 1.91. The maximum Gasteiger partial charge on any atom is 0.340 e. The monoisotopic (exact) mass is 470 g/mol. The molecule has 9 heteroatoms. The van der Waals surface area contributed by atoms with Gasteiger partial charge in [-0.25, -0.2) is 18.0 Å². The molecule has 0 bridgehead atoms. The fraction of sp³-hybridized carbons (Fsp3) is 0.111. The van der Waals surface area contributed by atoms with Crippen molar-refractivity contribution in [3.63, 3.8) is 0 Å². The normalized spacial score (nSPS) is 11.5. The molecule has 0 unspecified atom stereocenters. The third-order valence-corrected chi connectivity index (χ3v) is 5.67. The number of rotatable bonds is 4. The van der Waals surface area contributed by atoms with E-state index in [-0.39, 0.29) is 22.1 Å². The predicted molar refractivity (Wildman–Crippen MR) is 104 cm³/mol. The Kier molecular flexibility index (Phi) is 5.41.